The molecule has 1 heterocycles. The summed E-state index contributed by atoms with van der Waals surface area (Å²) in [6, 6.07) is 0. The Balaban J connectivity index is 2.40. The van der Waals surface area contributed by atoms with Gasteiger partial charge in [-0.3, -0.25) is 4.79 Å². The van der Waals surface area contributed by atoms with Gasteiger partial charge in [0.15, 0.2) is 0 Å². The number of hydrogen-bond acceptors (Lipinski definition) is 3. The second-order valence-corrected chi connectivity index (χ2v) is 3.63. The van der Waals surface area contributed by atoms with Crippen molar-refractivity contribution < 1.29 is 19.7 Å². The van der Waals surface area contributed by atoms with E-state index >= 15 is 0 Å². The number of aliphatic hydroxyl groups excluding tert-OH is 1. The van der Waals surface area contributed by atoms with Gasteiger partial charge in [0, 0.05) is 0 Å². The number of aliphatic carboxylic acids is 1. The summed E-state index contributed by atoms with van der Waals surface area (Å²) < 4.78 is 5.43. The first kappa shape index (κ1) is 10.5. The van der Waals surface area contributed by atoms with Gasteiger partial charge in [-0.2, -0.15) is 0 Å². The Morgan fingerprint density at radius 2 is 2.23 bits per heavy atom. The fraction of sp³-hybridized carbons (Fsp3) is 0.889. The molecule has 4 nitrogen and oxygen atoms in total. The Morgan fingerprint density at radius 3 is 2.77 bits per heavy atom. The van der Waals surface area contributed by atoms with Crippen molar-refractivity contribution in [3.63, 3.8) is 0 Å². The predicted octanol–water partition coefficient (Wildman–Crippen LogP) is 0.637. The number of carboxylic acid groups (broad SMARTS) is 1. The molecule has 0 aromatic carbocycles. The fourth-order valence-corrected chi connectivity index (χ4v) is 1.65. The van der Waals surface area contributed by atoms with Crippen LogP contribution in [0.3, 0.4) is 0 Å². The molecule has 0 spiro atoms. The number of carbonyl (C=O) groups is 1. The lowest BCUT2D eigenvalue weighted by molar-refractivity contribution is -0.147. The normalized spacial score (nSPS) is 34.5. The van der Waals surface area contributed by atoms with Crippen molar-refractivity contribution in [2.24, 2.45) is 5.92 Å². The third kappa shape index (κ3) is 2.97. The summed E-state index contributed by atoms with van der Waals surface area (Å²) in [7, 11) is 0. The second-order valence-electron chi connectivity index (χ2n) is 3.63. The van der Waals surface area contributed by atoms with Gasteiger partial charge in [-0.15, -0.1) is 0 Å². The van der Waals surface area contributed by atoms with Crippen molar-refractivity contribution in [2.75, 3.05) is 6.61 Å². The van der Waals surface area contributed by atoms with Crippen LogP contribution in [0.1, 0.15) is 26.2 Å². The van der Waals surface area contributed by atoms with Crippen LogP contribution >= 0.6 is 0 Å². The van der Waals surface area contributed by atoms with Gasteiger partial charge in [0.05, 0.1) is 25.2 Å². The van der Waals surface area contributed by atoms with Crippen LogP contribution in [0.2, 0.25) is 0 Å². The van der Waals surface area contributed by atoms with E-state index in [1.807, 2.05) is 6.92 Å². The fourth-order valence-electron chi connectivity index (χ4n) is 1.65. The maximum absolute atomic E-state index is 10.4. The molecule has 1 saturated heterocycles. The van der Waals surface area contributed by atoms with Gasteiger partial charge < -0.3 is 14.9 Å². The molecular weight excluding hydrogens is 172 g/mol. The number of rotatable bonds is 3. The summed E-state index contributed by atoms with van der Waals surface area (Å²) in [6.45, 7) is 2.00. The molecule has 0 unspecified atom stereocenters. The number of aliphatic hydroxyl groups is 1. The molecule has 0 aromatic rings. The van der Waals surface area contributed by atoms with E-state index in [2.05, 4.69) is 0 Å². The molecule has 1 aliphatic rings. The molecule has 3 atom stereocenters. The van der Waals surface area contributed by atoms with Crippen molar-refractivity contribution >= 4 is 5.97 Å². The molecule has 1 rings (SSSR count). The van der Waals surface area contributed by atoms with Crippen LogP contribution in [0.25, 0.3) is 0 Å². The molecule has 76 valence electrons. The number of ether oxygens (including phenoxy) is 1. The van der Waals surface area contributed by atoms with E-state index in [4.69, 9.17) is 14.9 Å². The van der Waals surface area contributed by atoms with Gasteiger partial charge in [-0.1, -0.05) is 6.92 Å². The third-order valence-corrected chi connectivity index (χ3v) is 2.53. The summed E-state index contributed by atoms with van der Waals surface area (Å²) in [4.78, 5) is 10.4. The summed E-state index contributed by atoms with van der Waals surface area (Å²) in [6.07, 6.45) is 1.36. The zero-order valence-corrected chi connectivity index (χ0v) is 7.77. The standard InChI is InChI=1S/C9H16O4/c1-6-2-3-7(4-9(11)12)13-8(6)5-10/h6-8,10H,2-5H2,1H3,(H,11,12)/t6-,7+,8+/m0/s1. The van der Waals surface area contributed by atoms with E-state index < -0.39 is 5.97 Å². The highest BCUT2D eigenvalue weighted by Crippen LogP contribution is 2.25. The van der Waals surface area contributed by atoms with E-state index in [-0.39, 0.29) is 25.2 Å². The molecule has 0 amide bonds. The predicted molar refractivity (Wildman–Crippen MR) is 46.4 cm³/mol. The molecule has 0 aromatic heterocycles. The Hall–Kier alpha value is -0.610. The van der Waals surface area contributed by atoms with E-state index in [0.717, 1.165) is 12.8 Å². The SMILES string of the molecule is C[C@H]1CC[C@H](CC(=O)O)O[C@@H]1CO. The van der Waals surface area contributed by atoms with Gasteiger partial charge in [0.1, 0.15) is 0 Å². The quantitative estimate of drug-likeness (QED) is 0.682. The van der Waals surface area contributed by atoms with Crippen LogP contribution in [0.15, 0.2) is 0 Å². The van der Waals surface area contributed by atoms with Crippen LogP contribution < -0.4 is 0 Å². The molecule has 2 N–H and O–H groups in total. The highest BCUT2D eigenvalue weighted by molar-refractivity contribution is 5.67. The minimum Gasteiger partial charge on any atom is -0.481 e. The molecular formula is C9H16O4. The third-order valence-electron chi connectivity index (χ3n) is 2.53. The summed E-state index contributed by atoms with van der Waals surface area (Å²) in [5, 5.41) is 17.5. The summed E-state index contributed by atoms with van der Waals surface area (Å²) in [5.41, 5.74) is 0. The molecule has 13 heavy (non-hydrogen) atoms. The average molecular weight is 188 g/mol. The monoisotopic (exact) mass is 188 g/mol. The van der Waals surface area contributed by atoms with Crippen LogP contribution in [-0.2, 0) is 9.53 Å². The van der Waals surface area contributed by atoms with Crippen LogP contribution in [0.4, 0.5) is 0 Å². The highest BCUT2D eigenvalue weighted by Gasteiger charge is 2.28. The first-order valence-corrected chi connectivity index (χ1v) is 4.61. The number of hydrogen-bond donors (Lipinski definition) is 2. The van der Waals surface area contributed by atoms with E-state index in [9.17, 15) is 4.79 Å². The van der Waals surface area contributed by atoms with Crippen molar-refractivity contribution in [3.8, 4) is 0 Å². The topological polar surface area (TPSA) is 66.8 Å². The Labute approximate surface area is 77.5 Å². The van der Waals surface area contributed by atoms with Crippen molar-refractivity contribution in [1.29, 1.82) is 0 Å². The Kier molecular flexibility index (Phi) is 3.69. The minimum atomic E-state index is -0.837. The molecule has 1 aliphatic heterocycles. The zero-order valence-electron chi connectivity index (χ0n) is 7.77. The van der Waals surface area contributed by atoms with Gasteiger partial charge in [0.2, 0.25) is 0 Å². The second kappa shape index (κ2) is 4.58. The summed E-state index contributed by atoms with van der Waals surface area (Å²) >= 11 is 0. The number of carboxylic acids is 1. The average Bonchev–Trinajstić information content (AvgIpc) is 2.07. The molecule has 0 aliphatic carbocycles. The first-order valence-electron chi connectivity index (χ1n) is 4.61. The van der Waals surface area contributed by atoms with Gasteiger partial charge in [0.25, 0.3) is 0 Å². The van der Waals surface area contributed by atoms with Crippen LogP contribution in [0.5, 0.6) is 0 Å². The van der Waals surface area contributed by atoms with Gasteiger partial charge >= 0.3 is 5.97 Å². The molecule has 1 fully saturated rings. The van der Waals surface area contributed by atoms with Crippen molar-refractivity contribution in [2.45, 2.75) is 38.4 Å². The van der Waals surface area contributed by atoms with Crippen molar-refractivity contribution in [3.05, 3.63) is 0 Å². The van der Waals surface area contributed by atoms with Crippen molar-refractivity contribution in [1.82, 2.24) is 0 Å². The molecule has 0 radical (unpaired) electrons. The van der Waals surface area contributed by atoms with E-state index in [1.165, 1.54) is 0 Å². The minimum absolute atomic E-state index is 0.0166. The van der Waals surface area contributed by atoms with Gasteiger partial charge in [-0.05, 0) is 18.8 Å². The largest absolute Gasteiger partial charge is 0.481 e. The lowest BCUT2D eigenvalue weighted by atomic mass is 9.93. The maximum atomic E-state index is 10.4. The highest BCUT2D eigenvalue weighted by atomic mass is 16.5. The molecule has 4 heteroatoms. The maximum Gasteiger partial charge on any atom is 0.305 e. The van der Waals surface area contributed by atoms with Crippen LogP contribution in [-0.4, -0.2) is 35.0 Å². The zero-order chi connectivity index (χ0) is 9.84. The first-order chi connectivity index (χ1) is 6.13. The van der Waals surface area contributed by atoms with Gasteiger partial charge in [-0.25, -0.2) is 0 Å². The van der Waals surface area contributed by atoms with E-state index in [0.29, 0.717) is 5.92 Å². The molecule has 0 saturated carbocycles. The van der Waals surface area contributed by atoms with Crippen LogP contribution in [0, 0.1) is 5.92 Å². The smallest absolute Gasteiger partial charge is 0.305 e. The molecule has 0 bridgehead atoms. The summed E-state index contributed by atoms with van der Waals surface area (Å²) in [5.74, 6) is -0.508. The lowest BCUT2D eigenvalue weighted by Gasteiger charge is -2.33. The Morgan fingerprint density at radius 1 is 1.54 bits per heavy atom. The van der Waals surface area contributed by atoms with E-state index in [1.54, 1.807) is 0 Å². The lowest BCUT2D eigenvalue weighted by Crippen LogP contribution is -2.37. The Bertz CT molecular complexity index is 180.